The second-order valence-corrected chi connectivity index (χ2v) is 4.28. The van der Waals surface area contributed by atoms with Gasteiger partial charge in [-0.1, -0.05) is 36.4 Å². The number of aromatic nitrogens is 2. The van der Waals surface area contributed by atoms with Crippen molar-refractivity contribution in [3.05, 3.63) is 66.2 Å². The van der Waals surface area contributed by atoms with Crippen LogP contribution in [-0.4, -0.2) is 15.3 Å². The summed E-state index contributed by atoms with van der Waals surface area (Å²) in [6, 6.07) is 13.8. The maximum absolute atomic E-state index is 12.3. The molecule has 0 spiro atoms. The molecule has 0 bridgehead atoms. The van der Waals surface area contributed by atoms with Crippen molar-refractivity contribution in [2.45, 2.75) is 0 Å². The van der Waals surface area contributed by atoms with E-state index >= 15 is 0 Å². The Hall–Kier alpha value is -2.42. The maximum atomic E-state index is 12.3. The highest BCUT2D eigenvalue weighted by atomic mass is 16.1. The van der Waals surface area contributed by atoms with Crippen molar-refractivity contribution in [2.75, 3.05) is 0 Å². The van der Waals surface area contributed by atoms with Crippen molar-refractivity contribution in [2.24, 2.45) is 7.05 Å². The SMILES string of the molecule is Cn1cncc1C(=O)c1ccc2ccccc2c1. The fraction of sp³-hybridized carbons (Fsp3) is 0.0667. The van der Waals surface area contributed by atoms with Crippen LogP contribution in [0.2, 0.25) is 0 Å². The third kappa shape index (κ3) is 1.70. The first-order valence-corrected chi connectivity index (χ1v) is 5.75. The summed E-state index contributed by atoms with van der Waals surface area (Å²) in [5, 5.41) is 2.21. The molecule has 0 atom stereocenters. The quantitative estimate of drug-likeness (QED) is 0.641. The molecule has 3 heteroatoms. The molecule has 3 aromatic rings. The number of benzene rings is 2. The lowest BCUT2D eigenvalue weighted by Gasteiger charge is -2.03. The molecule has 0 N–H and O–H groups in total. The second kappa shape index (κ2) is 4.11. The highest BCUT2D eigenvalue weighted by Crippen LogP contribution is 2.17. The average Bonchev–Trinajstić information content (AvgIpc) is 2.83. The minimum absolute atomic E-state index is 0.000697. The molecule has 0 amide bonds. The van der Waals surface area contributed by atoms with Crippen molar-refractivity contribution in [1.29, 1.82) is 0 Å². The van der Waals surface area contributed by atoms with E-state index in [4.69, 9.17) is 0 Å². The van der Waals surface area contributed by atoms with E-state index in [1.54, 1.807) is 17.1 Å². The van der Waals surface area contributed by atoms with Crippen LogP contribution in [0, 0.1) is 0 Å². The van der Waals surface area contributed by atoms with Crippen molar-refractivity contribution >= 4 is 16.6 Å². The number of nitrogens with zero attached hydrogens (tertiary/aromatic N) is 2. The van der Waals surface area contributed by atoms with Gasteiger partial charge in [-0.3, -0.25) is 4.79 Å². The number of aryl methyl sites for hydroxylation is 1. The topological polar surface area (TPSA) is 34.9 Å². The molecule has 0 aliphatic rings. The van der Waals surface area contributed by atoms with Gasteiger partial charge >= 0.3 is 0 Å². The molecule has 88 valence electrons. The van der Waals surface area contributed by atoms with E-state index in [1.807, 2.05) is 49.5 Å². The molecule has 3 nitrogen and oxygen atoms in total. The van der Waals surface area contributed by atoms with Gasteiger partial charge in [-0.25, -0.2) is 4.98 Å². The van der Waals surface area contributed by atoms with Gasteiger partial charge in [0.1, 0.15) is 5.69 Å². The molecule has 1 aromatic heterocycles. The van der Waals surface area contributed by atoms with Crippen LogP contribution in [-0.2, 0) is 7.05 Å². The van der Waals surface area contributed by atoms with E-state index in [9.17, 15) is 4.79 Å². The molecule has 0 saturated carbocycles. The summed E-state index contributed by atoms with van der Waals surface area (Å²) >= 11 is 0. The van der Waals surface area contributed by atoms with Crippen molar-refractivity contribution in [1.82, 2.24) is 9.55 Å². The van der Waals surface area contributed by atoms with Crippen molar-refractivity contribution < 1.29 is 4.79 Å². The average molecular weight is 236 g/mol. The lowest BCUT2D eigenvalue weighted by atomic mass is 10.0. The number of ketones is 1. The van der Waals surface area contributed by atoms with Crippen LogP contribution >= 0.6 is 0 Å². The first kappa shape index (κ1) is 10.7. The van der Waals surface area contributed by atoms with Crippen molar-refractivity contribution in [3.63, 3.8) is 0 Å². The predicted molar refractivity (Wildman–Crippen MR) is 70.6 cm³/mol. The molecule has 0 radical (unpaired) electrons. The maximum Gasteiger partial charge on any atom is 0.211 e. The first-order valence-electron chi connectivity index (χ1n) is 5.75. The van der Waals surface area contributed by atoms with E-state index in [0.717, 1.165) is 10.8 Å². The number of hydrogen-bond donors (Lipinski definition) is 0. The summed E-state index contributed by atoms with van der Waals surface area (Å²) in [4.78, 5) is 16.3. The lowest BCUT2D eigenvalue weighted by Crippen LogP contribution is -2.06. The number of carbonyl (C=O) groups excluding carboxylic acids is 1. The number of imidazole rings is 1. The van der Waals surface area contributed by atoms with Gasteiger partial charge in [0.15, 0.2) is 0 Å². The summed E-state index contributed by atoms with van der Waals surface area (Å²) in [5.74, 6) is 0.000697. The molecular formula is C15H12N2O. The van der Waals surface area contributed by atoms with Gasteiger partial charge in [-0.05, 0) is 16.8 Å². The first-order chi connectivity index (χ1) is 8.75. The van der Waals surface area contributed by atoms with Gasteiger partial charge in [0.05, 0.1) is 12.5 Å². The smallest absolute Gasteiger partial charge is 0.211 e. The van der Waals surface area contributed by atoms with Gasteiger partial charge in [-0.15, -0.1) is 0 Å². The van der Waals surface area contributed by atoms with Crippen LogP contribution < -0.4 is 0 Å². The molecule has 0 saturated heterocycles. The third-order valence-corrected chi connectivity index (χ3v) is 3.06. The van der Waals surface area contributed by atoms with Gasteiger partial charge in [0, 0.05) is 12.6 Å². The Morgan fingerprint density at radius 3 is 2.61 bits per heavy atom. The minimum atomic E-state index is 0.000697. The Labute approximate surface area is 105 Å². The van der Waals surface area contributed by atoms with Crippen LogP contribution in [0.1, 0.15) is 16.1 Å². The Bertz CT molecular complexity index is 728. The number of hydrogen-bond acceptors (Lipinski definition) is 2. The van der Waals surface area contributed by atoms with Crippen LogP contribution in [0.5, 0.6) is 0 Å². The number of fused-ring (bicyclic) bond motifs is 1. The largest absolute Gasteiger partial charge is 0.331 e. The summed E-state index contributed by atoms with van der Waals surface area (Å²) in [6.45, 7) is 0. The van der Waals surface area contributed by atoms with E-state index in [0.29, 0.717) is 11.3 Å². The van der Waals surface area contributed by atoms with Crippen molar-refractivity contribution in [3.8, 4) is 0 Å². The molecule has 0 unspecified atom stereocenters. The Kier molecular flexibility index (Phi) is 2.45. The Balaban J connectivity index is 2.10. The highest BCUT2D eigenvalue weighted by Gasteiger charge is 2.12. The van der Waals surface area contributed by atoms with Crippen LogP contribution in [0.3, 0.4) is 0 Å². The minimum Gasteiger partial charge on any atom is -0.331 e. The van der Waals surface area contributed by atoms with Gasteiger partial charge < -0.3 is 4.57 Å². The molecule has 2 aromatic carbocycles. The second-order valence-electron chi connectivity index (χ2n) is 4.28. The highest BCUT2D eigenvalue weighted by molar-refractivity contribution is 6.09. The van der Waals surface area contributed by atoms with Crippen LogP contribution in [0.4, 0.5) is 0 Å². The number of carbonyl (C=O) groups is 1. The van der Waals surface area contributed by atoms with E-state index in [1.165, 1.54) is 0 Å². The third-order valence-electron chi connectivity index (χ3n) is 3.06. The molecule has 0 fully saturated rings. The van der Waals surface area contributed by atoms with Gasteiger partial charge in [-0.2, -0.15) is 0 Å². The molecule has 0 aliphatic carbocycles. The molecule has 1 heterocycles. The summed E-state index contributed by atoms with van der Waals surface area (Å²) in [6.07, 6.45) is 3.23. The van der Waals surface area contributed by atoms with E-state index in [-0.39, 0.29) is 5.78 Å². The van der Waals surface area contributed by atoms with E-state index < -0.39 is 0 Å². The van der Waals surface area contributed by atoms with Crippen LogP contribution in [0.15, 0.2) is 55.0 Å². The Morgan fingerprint density at radius 2 is 1.89 bits per heavy atom. The summed E-state index contributed by atoms with van der Waals surface area (Å²) < 4.78 is 1.73. The summed E-state index contributed by atoms with van der Waals surface area (Å²) in [5.41, 5.74) is 1.29. The van der Waals surface area contributed by atoms with E-state index in [2.05, 4.69) is 4.98 Å². The zero-order valence-electron chi connectivity index (χ0n) is 10.00. The summed E-state index contributed by atoms with van der Waals surface area (Å²) in [7, 11) is 1.82. The molecule has 3 rings (SSSR count). The lowest BCUT2D eigenvalue weighted by molar-refractivity contribution is 0.103. The normalized spacial score (nSPS) is 10.7. The fourth-order valence-electron chi connectivity index (χ4n) is 2.05. The predicted octanol–water partition coefficient (Wildman–Crippen LogP) is 2.80. The monoisotopic (exact) mass is 236 g/mol. The fourth-order valence-corrected chi connectivity index (χ4v) is 2.05. The molecule has 18 heavy (non-hydrogen) atoms. The Morgan fingerprint density at radius 1 is 1.11 bits per heavy atom. The zero-order valence-corrected chi connectivity index (χ0v) is 10.00. The number of rotatable bonds is 2. The molecular weight excluding hydrogens is 224 g/mol. The van der Waals surface area contributed by atoms with Crippen LogP contribution in [0.25, 0.3) is 10.8 Å². The van der Waals surface area contributed by atoms with Gasteiger partial charge in [0.2, 0.25) is 5.78 Å². The zero-order chi connectivity index (χ0) is 12.5. The standard InChI is InChI=1S/C15H12N2O/c1-17-10-16-9-14(17)15(18)13-7-6-11-4-2-3-5-12(11)8-13/h2-10H,1H3. The van der Waals surface area contributed by atoms with Gasteiger partial charge in [0.25, 0.3) is 0 Å². The molecule has 0 aliphatic heterocycles.